The molecule has 0 saturated heterocycles. The molecule has 28 heavy (non-hydrogen) atoms. The Morgan fingerprint density at radius 3 is 2.89 bits per heavy atom. The Labute approximate surface area is 161 Å². The van der Waals surface area contributed by atoms with Crippen molar-refractivity contribution in [2.45, 2.75) is 31.7 Å². The van der Waals surface area contributed by atoms with E-state index >= 15 is 0 Å². The molecule has 2 aromatic carbocycles. The molecular weight excluding hydrogens is 359 g/mol. The molecule has 0 bridgehead atoms. The van der Waals surface area contributed by atoms with Crippen LogP contribution in [0.15, 0.2) is 46.9 Å². The number of nitrogens with one attached hydrogen (secondary N) is 1. The number of halogens is 1. The van der Waals surface area contributed by atoms with Gasteiger partial charge in [0.2, 0.25) is 0 Å². The van der Waals surface area contributed by atoms with Crippen molar-refractivity contribution in [2.24, 2.45) is 0 Å². The molecule has 1 heterocycles. The quantitative estimate of drug-likeness (QED) is 0.722. The fraction of sp³-hybridized carbons (Fsp3) is 0.273. The third-order valence-corrected chi connectivity index (χ3v) is 4.95. The van der Waals surface area contributed by atoms with Crippen LogP contribution >= 0.6 is 0 Å². The second kappa shape index (κ2) is 7.73. The zero-order valence-electron chi connectivity index (χ0n) is 15.2. The number of carbonyl (C=O) groups excluding carboxylic acids is 1. The summed E-state index contributed by atoms with van der Waals surface area (Å²) >= 11 is 0. The van der Waals surface area contributed by atoms with Crippen LogP contribution < -0.4 is 10.1 Å². The van der Waals surface area contributed by atoms with Gasteiger partial charge >= 0.3 is 0 Å². The largest absolute Gasteiger partial charge is 0.484 e. The predicted octanol–water partition coefficient (Wildman–Crippen LogP) is 4.21. The van der Waals surface area contributed by atoms with E-state index in [4.69, 9.17) is 9.15 Å². The first-order chi connectivity index (χ1) is 13.7. The van der Waals surface area contributed by atoms with Crippen LogP contribution in [-0.2, 0) is 17.6 Å². The lowest BCUT2D eigenvalue weighted by Crippen LogP contribution is -2.32. The Kier molecular flexibility index (Phi) is 4.98. The van der Waals surface area contributed by atoms with E-state index in [-0.39, 0.29) is 12.2 Å². The summed E-state index contributed by atoms with van der Waals surface area (Å²) in [6.07, 6.45) is 4.21. The lowest BCUT2D eigenvalue weighted by molar-refractivity contribution is -0.123. The summed E-state index contributed by atoms with van der Waals surface area (Å²) in [5, 5.41) is 12.8. The van der Waals surface area contributed by atoms with Gasteiger partial charge < -0.3 is 14.5 Å². The van der Waals surface area contributed by atoms with Gasteiger partial charge in [0.25, 0.3) is 5.91 Å². The zero-order chi connectivity index (χ0) is 19.5. The average Bonchev–Trinajstić information content (AvgIpc) is 3.09. The van der Waals surface area contributed by atoms with Crippen LogP contribution in [0, 0.1) is 17.1 Å². The lowest BCUT2D eigenvalue weighted by Gasteiger charge is -2.13. The smallest absolute Gasteiger partial charge is 0.259 e. The molecule has 3 aromatic rings. The van der Waals surface area contributed by atoms with Crippen LogP contribution in [0.1, 0.15) is 35.8 Å². The number of benzene rings is 2. The fourth-order valence-corrected chi connectivity index (χ4v) is 3.57. The maximum Gasteiger partial charge on any atom is 0.259 e. The molecule has 142 valence electrons. The number of carbonyl (C=O) groups is 1. The molecule has 0 saturated carbocycles. The monoisotopic (exact) mass is 378 g/mol. The van der Waals surface area contributed by atoms with Gasteiger partial charge in [-0.3, -0.25) is 4.79 Å². The van der Waals surface area contributed by atoms with E-state index in [2.05, 4.69) is 5.32 Å². The first-order valence-corrected chi connectivity index (χ1v) is 9.26. The highest BCUT2D eigenvalue weighted by molar-refractivity contribution is 5.84. The average molecular weight is 378 g/mol. The molecule has 0 fully saturated rings. The number of nitriles is 1. The minimum absolute atomic E-state index is 0.129. The Balaban J connectivity index is 1.43. The second-order valence-electron chi connectivity index (χ2n) is 6.81. The van der Waals surface area contributed by atoms with Crippen molar-refractivity contribution < 1.29 is 18.3 Å². The molecular formula is C22H19FN2O3. The van der Waals surface area contributed by atoms with Crippen molar-refractivity contribution in [1.29, 1.82) is 5.26 Å². The highest BCUT2D eigenvalue weighted by Crippen LogP contribution is 2.33. The maximum atomic E-state index is 13.8. The summed E-state index contributed by atoms with van der Waals surface area (Å²) < 4.78 is 25.3. The molecule has 0 aliphatic heterocycles. The van der Waals surface area contributed by atoms with Crippen molar-refractivity contribution in [3.63, 3.8) is 0 Å². The van der Waals surface area contributed by atoms with Gasteiger partial charge in [-0.15, -0.1) is 0 Å². The van der Waals surface area contributed by atoms with Crippen LogP contribution in [0.2, 0.25) is 0 Å². The summed E-state index contributed by atoms with van der Waals surface area (Å²) in [7, 11) is 0. The fourth-order valence-electron chi connectivity index (χ4n) is 3.57. The standard InChI is InChI=1S/C22H19FN2O3/c23-18-7-3-1-6-16(18)19(12-24)25-22(26)13-27-14-9-10-21-17(11-14)15-5-2-4-8-20(15)28-21/h1,3,6-7,9-11,19H,2,4-5,8,13H2,(H,25,26). The number of hydrogen-bond acceptors (Lipinski definition) is 4. The van der Waals surface area contributed by atoms with Crippen molar-refractivity contribution in [3.8, 4) is 11.8 Å². The SMILES string of the molecule is N#CC(NC(=O)COc1ccc2oc3c(c2c1)CCCC3)c1ccccc1F. The molecule has 1 atom stereocenters. The van der Waals surface area contributed by atoms with Crippen molar-refractivity contribution in [2.75, 3.05) is 6.61 Å². The van der Waals surface area contributed by atoms with Gasteiger partial charge in [0.15, 0.2) is 6.61 Å². The Morgan fingerprint density at radius 1 is 1.25 bits per heavy atom. The number of ether oxygens (including phenoxy) is 1. The maximum absolute atomic E-state index is 13.8. The van der Waals surface area contributed by atoms with Gasteiger partial charge in [-0.1, -0.05) is 18.2 Å². The molecule has 1 aromatic heterocycles. The number of hydrogen-bond donors (Lipinski definition) is 1. The number of furan rings is 1. The van der Waals surface area contributed by atoms with E-state index in [0.29, 0.717) is 5.75 Å². The number of nitrogens with zero attached hydrogens (tertiary/aromatic N) is 1. The number of rotatable bonds is 5. The minimum Gasteiger partial charge on any atom is -0.484 e. The lowest BCUT2D eigenvalue weighted by atomic mass is 9.96. The van der Waals surface area contributed by atoms with Crippen LogP contribution in [0.3, 0.4) is 0 Å². The van der Waals surface area contributed by atoms with Gasteiger partial charge in [0.1, 0.15) is 29.0 Å². The van der Waals surface area contributed by atoms with Crippen molar-refractivity contribution in [1.82, 2.24) is 5.32 Å². The van der Waals surface area contributed by atoms with Gasteiger partial charge in [-0.25, -0.2) is 4.39 Å². The molecule has 1 aliphatic rings. The molecule has 1 aliphatic carbocycles. The predicted molar refractivity (Wildman–Crippen MR) is 101 cm³/mol. The Bertz CT molecular complexity index is 1070. The van der Waals surface area contributed by atoms with Gasteiger partial charge in [-0.05, 0) is 43.5 Å². The molecule has 1 N–H and O–H groups in total. The van der Waals surface area contributed by atoms with Crippen LogP contribution in [0.5, 0.6) is 5.75 Å². The Morgan fingerprint density at radius 2 is 2.07 bits per heavy atom. The molecule has 1 amide bonds. The summed E-state index contributed by atoms with van der Waals surface area (Å²) in [5.41, 5.74) is 2.18. The molecule has 4 rings (SSSR count). The third kappa shape index (κ3) is 3.56. The van der Waals surface area contributed by atoms with E-state index in [1.165, 1.54) is 23.8 Å². The van der Waals surface area contributed by atoms with E-state index in [0.717, 1.165) is 42.4 Å². The number of aryl methyl sites for hydroxylation is 2. The van der Waals surface area contributed by atoms with Crippen LogP contribution in [-0.4, -0.2) is 12.5 Å². The summed E-state index contributed by atoms with van der Waals surface area (Å²) in [4.78, 5) is 12.2. The second-order valence-corrected chi connectivity index (χ2v) is 6.81. The molecule has 0 spiro atoms. The van der Waals surface area contributed by atoms with Crippen LogP contribution in [0.25, 0.3) is 11.0 Å². The molecule has 5 nitrogen and oxygen atoms in total. The first kappa shape index (κ1) is 18.1. The van der Waals surface area contributed by atoms with E-state index in [1.807, 2.05) is 18.2 Å². The highest BCUT2D eigenvalue weighted by Gasteiger charge is 2.19. The summed E-state index contributed by atoms with van der Waals surface area (Å²) in [6, 6.07) is 12.2. The molecule has 0 radical (unpaired) electrons. The normalized spacial score (nSPS) is 14.1. The van der Waals surface area contributed by atoms with E-state index in [1.54, 1.807) is 12.1 Å². The van der Waals surface area contributed by atoms with Crippen molar-refractivity contribution >= 4 is 16.9 Å². The highest BCUT2D eigenvalue weighted by atomic mass is 19.1. The molecule has 1 unspecified atom stereocenters. The summed E-state index contributed by atoms with van der Waals surface area (Å²) in [5.74, 6) is 0.559. The Hall–Kier alpha value is -3.33. The van der Waals surface area contributed by atoms with Crippen LogP contribution in [0.4, 0.5) is 4.39 Å². The number of fused-ring (bicyclic) bond motifs is 3. The van der Waals surface area contributed by atoms with Gasteiger partial charge in [-0.2, -0.15) is 5.26 Å². The first-order valence-electron chi connectivity index (χ1n) is 9.26. The number of amides is 1. The topological polar surface area (TPSA) is 75.3 Å². The van der Waals surface area contributed by atoms with E-state index < -0.39 is 17.8 Å². The van der Waals surface area contributed by atoms with Gasteiger partial charge in [0, 0.05) is 22.9 Å². The van der Waals surface area contributed by atoms with Crippen molar-refractivity contribution in [3.05, 3.63) is 65.2 Å². The van der Waals surface area contributed by atoms with E-state index in [9.17, 15) is 14.4 Å². The zero-order valence-corrected chi connectivity index (χ0v) is 15.2. The minimum atomic E-state index is -1.07. The molecule has 6 heteroatoms. The summed E-state index contributed by atoms with van der Waals surface area (Å²) in [6.45, 7) is -0.266. The third-order valence-electron chi connectivity index (χ3n) is 4.95. The van der Waals surface area contributed by atoms with Gasteiger partial charge in [0.05, 0.1) is 6.07 Å².